The van der Waals surface area contributed by atoms with Crippen LogP contribution in [0.4, 0.5) is 22.3 Å². The fraction of sp³-hybridized carbons (Fsp3) is 0.105. The highest BCUT2D eigenvalue weighted by molar-refractivity contribution is 7.90. The van der Waals surface area contributed by atoms with E-state index in [4.69, 9.17) is 0 Å². The molecule has 7 nitrogen and oxygen atoms in total. The molecule has 0 unspecified atom stereocenters. The van der Waals surface area contributed by atoms with Crippen LogP contribution in [0.3, 0.4) is 0 Å². The smallest absolute Gasteiger partial charge is 0.189 e. The lowest BCUT2D eigenvalue weighted by Crippen LogP contribution is -1.99. The van der Waals surface area contributed by atoms with Crippen molar-refractivity contribution in [3.05, 3.63) is 60.4 Å². The molecule has 0 amide bonds. The van der Waals surface area contributed by atoms with E-state index in [9.17, 15) is 8.42 Å². The van der Waals surface area contributed by atoms with Gasteiger partial charge in [0, 0.05) is 17.6 Å². The maximum Gasteiger partial charge on any atom is 0.189 e. The number of sulfone groups is 1. The normalized spacial score (nSPS) is 11.5. The zero-order chi connectivity index (χ0) is 19.7. The van der Waals surface area contributed by atoms with Gasteiger partial charge in [0.1, 0.15) is 11.8 Å². The van der Waals surface area contributed by atoms with Gasteiger partial charge >= 0.3 is 0 Å². The molecule has 0 spiro atoms. The van der Waals surface area contributed by atoms with Crippen molar-refractivity contribution in [1.82, 2.24) is 15.0 Å². The van der Waals surface area contributed by atoms with E-state index in [2.05, 4.69) is 25.6 Å². The van der Waals surface area contributed by atoms with Crippen LogP contribution in [-0.2, 0) is 9.84 Å². The number of rotatable bonds is 5. The molecule has 0 radical (unpaired) electrons. The summed E-state index contributed by atoms with van der Waals surface area (Å²) in [5, 5.41) is 7.23. The van der Waals surface area contributed by atoms with E-state index in [1.807, 2.05) is 31.2 Å². The van der Waals surface area contributed by atoms with Crippen molar-refractivity contribution >= 4 is 53.8 Å². The van der Waals surface area contributed by atoms with Gasteiger partial charge in [0.2, 0.25) is 0 Å². The molecule has 4 rings (SSSR count). The van der Waals surface area contributed by atoms with Crippen LogP contribution in [0, 0.1) is 6.92 Å². The van der Waals surface area contributed by atoms with Crippen molar-refractivity contribution < 1.29 is 8.42 Å². The van der Waals surface area contributed by atoms with Gasteiger partial charge in [-0.05, 0) is 42.8 Å². The summed E-state index contributed by atoms with van der Waals surface area (Å²) in [6.07, 6.45) is 2.66. The second-order valence-electron chi connectivity index (χ2n) is 6.26. The summed E-state index contributed by atoms with van der Waals surface area (Å²) in [5.74, 6) is 0.561. The van der Waals surface area contributed by atoms with E-state index < -0.39 is 9.84 Å². The molecular formula is C19H17N5O2S2. The Balaban J connectivity index is 1.63. The molecule has 2 N–H and O–H groups in total. The van der Waals surface area contributed by atoms with Gasteiger partial charge in [-0.25, -0.2) is 23.4 Å². The van der Waals surface area contributed by atoms with Crippen molar-refractivity contribution in [1.29, 1.82) is 0 Å². The predicted octanol–water partition coefficient (Wildman–Crippen LogP) is 4.29. The summed E-state index contributed by atoms with van der Waals surface area (Å²) in [5.41, 5.74) is 3.47. The number of nitrogens with one attached hydrogen (secondary N) is 2. The molecule has 0 aliphatic heterocycles. The molecule has 0 atom stereocenters. The SMILES string of the molecule is Cc1ccccc1Nc1nc2c(Nc3ccc(S(C)(=O)=O)cc3)ncnc2s1. The molecule has 2 heterocycles. The first-order valence-electron chi connectivity index (χ1n) is 8.41. The quantitative estimate of drug-likeness (QED) is 0.506. The van der Waals surface area contributed by atoms with E-state index in [1.54, 1.807) is 24.3 Å². The summed E-state index contributed by atoms with van der Waals surface area (Å²) < 4.78 is 23.2. The van der Waals surface area contributed by atoms with Gasteiger partial charge in [-0.15, -0.1) is 0 Å². The molecule has 142 valence electrons. The first-order chi connectivity index (χ1) is 13.4. The van der Waals surface area contributed by atoms with Crippen LogP contribution in [-0.4, -0.2) is 29.6 Å². The number of hydrogen-bond acceptors (Lipinski definition) is 8. The zero-order valence-electron chi connectivity index (χ0n) is 15.2. The van der Waals surface area contributed by atoms with E-state index in [-0.39, 0.29) is 4.90 Å². The van der Waals surface area contributed by atoms with Crippen LogP contribution in [0.5, 0.6) is 0 Å². The number of aromatic nitrogens is 3. The molecule has 2 aromatic heterocycles. The number of nitrogens with zero attached hydrogens (tertiary/aromatic N) is 3. The van der Waals surface area contributed by atoms with Gasteiger partial charge in [0.05, 0.1) is 4.90 Å². The highest BCUT2D eigenvalue weighted by Crippen LogP contribution is 2.32. The molecule has 4 aromatic rings. The van der Waals surface area contributed by atoms with Crippen LogP contribution >= 0.6 is 11.3 Å². The number of hydrogen-bond donors (Lipinski definition) is 2. The molecule has 28 heavy (non-hydrogen) atoms. The van der Waals surface area contributed by atoms with Crippen LogP contribution in [0.2, 0.25) is 0 Å². The Morgan fingerprint density at radius 2 is 1.71 bits per heavy atom. The van der Waals surface area contributed by atoms with Gasteiger partial charge in [-0.1, -0.05) is 29.5 Å². The van der Waals surface area contributed by atoms with Gasteiger partial charge in [-0.3, -0.25) is 0 Å². The number of fused-ring (bicyclic) bond motifs is 1. The van der Waals surface area contributed by atoms with Gasteiger partial charge < -0.3 is 10.6 Å². The van der Waals surface area contributed by atoms with E-state index in [0.29, 0.717) is 17.0 Å². The topological polar surface area (TPSA) is 96.9 Å². The van der Waals surface area contributed by atoms with Crippen LogP contribution in [0.1, 0.15) is 5.56 Å². The van der Waals surface area contributed by atoms with Crippen molar-refractivity contribution in [3.63, 3.8) is 0 Å². The minimum absolute atomic E-state index is 0.268. The third-order valence-electron chi connectivity index (χ3n) is 4.13. The number of aryl methyl sites for hydroxylation is 1. The third kappa shape index (κ3) is 3.80. The van der Waals surface area contributed by atoms with Crippen molar-refractivity contribution in [3.8, 4) is 0 Å². The van der Waals surface area contributed by atoms with Crippen LogP contribution in [0.25, 0.3) is 10.3 Å². The number of thiazole rings is 1. The molecule has 0 saturated carbocycles. The number of benzene rings is 2. The fourth-order valence-electron chi connectivity index (χ4n) is 2.65. The predicted molar refractivity (Wildman–Crippen MR) is 113 cm³/mol. The minimum Gasteiger partial charge on any atom is -0.338 e. The Morgan fingerprint density at radius 1 is 0.964 bits per heavy atom. The maximum absolute atomic E-state index is 11.6. The van der Waals surface area contributed by atoms with E-state index in [0.717, 1.165) is 21.2 Å². The molecular weight excluding hydrogens is 394 g/mol. The second-order valence-corrected chi connectivity index (χ2v) is 9.25. The summed E-state index contributed by atoms with van der Waals surface area (Å²) in [4.78, 5) is 14.2. The van der Waals surface area contributed by atoms with Crippen molar-refractivity contribution in [2.75, 3.05) is 16.9 Å². The Labute approximate surface area is 166 Å². The summed E-state index contributed by atoms with van der Waals surface area (Å²) in [6.45, 7) is 2.03. The number of anilines is 4. The van der Waals surface area contributed by atoms with E-state index in [1.165, 1.54) is 23.9 Å². The largest absolute Gasteiger partial charge is 0.338 e. The first kappa shape index (κ1) is 18.3. The average Bonchev–Trinajstić information content (AvgIpc) is 3.07. The fourth-order valence-corrected chi connectivity index (χ4v) is 4.10. The summed E-state index contributed by atoms with van der Waals surface area (Å²) in [7, 11) is -3.23. The molecule has 0 bridgehead atoms. The van der Waals surface area contributed by atoms with E-state index >= 15 is 0 Å². The third-order valence-corrected chi connectivity index (χ3v) is 6.13. The summed E-state index contributed by atoms with van der Waals surface area (Å²) in [6, 6.07) is 14.5. The van der Waals surface area contributed by atoms with Gasteiger partial charge in [0.15, 0.2) is 25.6 Å². The Kier molecular flexibility index (Phi) is 4.70. The first-order valence-corrected chi connectivity index (χ1v) is 11.1. The summed E-state index contributed by atoms with van der Waals surface area (Å²) >= 11 is 1.44. The average molecular weight is 412 g/mol. The lowest BCUT2D eigenvalue weighted by molar-refractivity contribution is 0.602. The molecule has 0 aliphatic carbocycles. The van der Waals surface area contributed by atoms with Crippen molar-refractivity contribution in [2.24, 2.45) is 0 Å². The van der Waals surface area contributed by atoms with Crippen molar-refractivity contribution in [2.45, 2.75) is 11.8 Å². The highest BCUT2D eigenvalue weighted by Gasteiger charge is 2.12. The van der Waals surface area contributed by atoms with Gasteiger partial charge in [-0.2, -0.15) is 0 Å². The van der Waals surface area contributed by atoms with Crippen LogP contribution < -0.4 is 10.6 Å². The zero-order valence-corrected chi connectivity index (χ0v) is 16.8. The molecule has 0 saturated heterocycles. The Morgan fingerprint density at radius 3 is 2.43 bits per heavy atom. The highest BCUT2D eigenvalue weighted by atomic mass is 32.2. The second kappa shape index (κ2) is 7.17. The monoisotopic (exact) mass is 411 g/mol. The molecule has 2 aromatic carbocycles. The lowest BCUT2D eigenvalue weighted by atomic mass is 10.2. The standard InChI is InChI=1S/C19H17N5O2S2/c1-12-5-3-4-6-15(12)23-19-24-16-17(20-11-21-18(16)27-19)22-13-7-9-14(10-8-13)28(2,25)26/h3-11H,1-2H3,(H,23,24)(H,20,21,22). The lowest BCUT2D eigenvalue weighted by Gasteiger charge is -2.06. The number of para-hydroxylation sites is 1. The Bertz CT molecular complexity index is 1250. The van der Waals surface area contributed by atoms with Crippen LogP contribution in [0.15, 0.2) is 59.8 Å². The van der Waals surface area contributed by atoms with Gasteiger partial charge in [0.25, 0.3) is 0 Å². The Hall–Kier alpha value is -3.04. The molecule has 9 heteroatoms. The maximum atomic E-state index is 11.6. The molecule has 0 aliphatic rings. The minimum atomic E-state index is -3.23. The molecule has 0 fully saturated rings.